The fourth-order valence-corrected chi connectivity index (χ4v) is 3.67. The van der Waals surface area contributed by atoms with Gasteiger partial charge in [0.05, 0.1) is 13.2 Å². The summed E-state index contributed by atoms with van der Waals surface area (Å²) >= 11 is 1.98. The van der Waals surface area contributed by atoms with E-state index in [-0.39, 0.29) is 24.0 Å². The number of guanidine groups is 1. The highest BCUT2D eigenvalue weighted by Gasteiger charge is 2.24. The molecule has 1 aliphatic carbocycles. The second-order valence-corrected chi connectivity index (χ2v) is 7.09. The van der Waals surface area contributed by atoms with Gasteiger partial charge in [0.25, 0.3) is 0 Å². The van der Waals surface area contributed by atoms with Gasteiger partial charge < -0.3 is 15.4 Å². The van der Waals surface area contributed by atoms with Crippen molar-refractivity contribution < 1.29 is 4.74 Å². The fraction of sp³-hybridized carbons (Fsp3) is 0.611. The first kappa shape index (κ1) is 21.6. The van der Waals surface area contributed by atoms with Gasteiger partial charge in [-0.05, 0) is 43.6 Å². The van der Waals surface area contributed by atoms with Crippen molar-refractivity contribution in [1.29, 1.82) is 0 Å². The number of thioether (sulfide) groups is 1. The third kappa shape index (κ3) is 7.19. The van der Waals surface area contributed by atoms with Gasteiger partial charge in [-0.15, -0.1) is 24.0 Å². The lowest BCUT2D eigenvalue weighted by molar-refractivity contribution is 0.185. The van der Waals surface area contributed by atoms with E-state index in [0.717, 1.165) is 17.8 Å². The predicted molar refractivity (Wildman–Crippen MR) is 115 cm³/mol. The zero-order chi connectivity index (χ0) is 16.5. The molecule has 0 spiro atoms. The zero-order valence-corrected chi connectivity index (χ0v) is 18.0. The van der Waals surface area contributed by atoms with Gasteiger partial charge in [0.15, 0.2) is 5.96 Å². The molecule has 1 saturated carbocycles. The molecule has 0 radical (unpaired) electrons. The average Bonchev–Trinajstić information content (AvgIpc) is 3.02. The number of rotatable bonds is 7. The van der Waals surface area contributed by atoms with Crippen molar-refractivity contribution in [2.24, 2.45) is 4.99 Å². The average molecular weight is 463 g/mol. The van der Waals surface area contributed by atoms with E-state index >= 15 is 0 Å². The highest BCUT2D eigenvalue weighted by molar-refractivity contribution is 14.0. The van der Waals surface area contributed by atoms with Gasteiger partial charge in [-0.1, -0.05) is 24.3 Å². The van der Waals surface area contributed by atoms with Crippen molar-refractivity contribution >= 4 is 41.7 Å². The Hall–Kier alpha value is -0.470. The van der Waals surface area contributed by atoms with E-state index in [1.807, 2.05) is 11.8 Å². The standard InChI is InChI=1S/C18H29N3OS.HI/c1-4-19-18(21-16-9-10-17(11-16)23-3)20-12-14-5-7-15(8-6-14)13-22-2;/h5-8,16-17H,4,9-13H2,1-3H3,(H2,19,20,21);1H. The third-order valence-electron chi connectivity index (χ3n) is 4.16. The molecule has 6 heteroatoms. The number of aliphatic imine (C=N–C) groups is 1. The summed E-state index contributed by atoms with van der Waals surface area (Å²) in [5.74, 6) is 0.931. The van der Waals surface area contributed by atoms with Crippen molar-refractivity contribution in [3.63, 3.8) is 0 Å². The third-order valence-corrected chi connectivity index (χ3v) is 5.25. The smallest absolute Gasteiger partial charge is 0.191 e. The van der Waals surface area contributed by atoms with Crippen LogP contribution >= 0.6 is 35.7 Å². The van der Waals surface area contributed by atoms with Crippen LogP contribution in [-0.4, -0.2) is 37.2 Å². The van der Waals surface area contributed by atoms with Crippen LogP contribution in [0.5, 0.6) is 0 Å². The van der Waals surface area contributed by atoms with Crippen LogP contribution in [0.2, 0.25) is 0 Å². The second kappa shape index (κ2) is 12.0. The van der Waals surface area contributed by atoms with E-state index in [1.165, 1.54) is 30.4 Å². The molecule has 1 aliphatic rings. The highest BCUT2D eigenvalue weighted by Crippen LogP contribution is 2.28. The van der Waals surface area contributed by atoms with Crippen LogP contribution in [0, 0.1) is 0 Å². The molecule has 0 heterocycles. The Kier molecular flexibility index (Phi) is 10.8. The first-order valence-corrected chi connectivity index (χ1v) is 9.68. The zero-order valence-electron chi connectivity index (χ0n) is 14.9. The first-order chi connectivity index (χ1) is 11.2. The molecule has 1 aromatic carbocycles. The van der Waals surface area contributed by atoms with Gasteiger partial charge >= 0.3 is 0 Å². The van der Waals surface area contributed by atoms with Crippen molar-refractivity contribution in [1.82, 2.24) is 10.6 Å². The van der Waals surface area contributed by atoms with Crippen molar-refractivity contribution in [3.05, 3.63) is 35.4 Å². The minimum atomic E-state index is 0. The largest absolute Gasteiger partial charge is 0.380 e. The van der Waals surface area contributed by atoms with Gasteiger partial charge in [-0.25, -0.2) is 4.99 Å². The summed E-state index contributed by atoms with van der Waals surface area (Å²) in [5.41, 5.74) is 2.41. The van der Waals surface area contributed by atoms with E-state index in [4.69, 9.17) is 9.73 Å². The normalized spacial score (nSPS) is 20.5. The Morgan fingerprint density at radius 2 is 1.96 bits per heavy atom. The van der Waals surface area contributed by atoms with Gasteiger partial charge in [-0.2, -0.15) is 11.8 Å². The molecule has 2 rings (SSSR count). The summed E-state index contributed by atoms with van der Waals surface area (Å²) in [6, 6.07) is 9.01. The minimum Gasteiger partial charge on any atom is -0.380 e. The topological polar surface area (TPSA) is 45.7 Å². The Bertz CT molecular complexity index is 496. The van der Waals surface area contributed by atoms with E-state index in [2.05, 4.69) is 48.1 Å². The molecule has 0 amide bonds. The van der Waals surface area contributed by atoms with Crippen molar-refractivity contribution in [2.45, 2.75) is 50.6 Å². The first-order valence-electron chi connectivity index (χ1n) is 8.39. The van der Waals surface area contributed by atoms with Gasteiger partial charge in [-0.3, -0.25) is 0 Å². The molecule has 2 unspecified atom stereocenters. The van der Waals surface area contributed by atoms with Crippen LogP contribution in [0.1, 0.15) is 37.3 Å². The molecule has 1 fully saturated rings. The van der Waals surface area contributed by atoms with Gasteiger partial charge in [0.2, 0.25) is 0 Å². The summed E-state index contributed by atoms with van der Waals surface area (Å²) < 4.78 is 5.14. The number of nitrogens with zero attached hydrogens (tertiary/aromatic N) is 1. The lowest BCUT2D eigenvalue weighted by Gasteiger charge is -2.17. The van der Waals surface area contributed by atoms with E-state index in [0.29, 0.717) is 19.2 Å². The van der Waals surface area contributed by atoms with E-state index in [9.17, 15) is 0 Å². The number of benzene rings is 1. The number of methoxy groups -OCH3 is 1. The Morgan fingerprint density at radius 1 is 1.25 bits per heavy atom. The SMILES string of the molecule is CCNC(=NCc1ccc(COC)cc1)NC1CCC(SC)C1.I. The maximum Gasteiger partial charge on any atom is 0.191 e. The fourth-order valence-electron chi connectivity index (χ4n) is 2.88. The monoisotopic (exact) mass is 463 g/mol. The number of halogens is 1. The lowest BCUT2D eigenvalue weighted by atomic mass is 10.1. The number of ether oxygens (including phenoxy) is 1. The molecule has 2 N–H and O–H groups in total. The van der Waals surface area contributed by atoms with Crippen LogP contribution in [0.4, 0.5) is 0 Å². The van der Waals surface area contributed by atoms with Crippen LogP contribution < -0.4 is 10.6 Å². The summed E-state index contributed by atoms with van der Waals surface area (Å²) in [5, 5.41) is 7.74. The van der Waals surface area contributed by atoms with Crippen molar-refractivity contribution in [3.8, 4) is 0 Å². The Labute approximate surface area is 167 Å². The molecule has 0 bridgehead atoms. The van der Waals surface area contributed by atoms with E-state index in [1.54, 1.807) is 7.11 Å². The van der Waals surface area contributed by atoms with Crippen LogP contribution in [0.15, 0.2) is 29.3 Å². The van der Waals surface area contributed by atoms with Crippen molar-refractivity contribution in [2.75, 3.05) is 19.9 Å². The highest BCUT2D eigenvalue weighted by atomic mass is 127. The molecule has 4 nitrogen and oxygen atoms in total. The van der Waals surface area contributed by atoms with Gasteiger partial charge in [0.1, 0.15) is 0 Å². The molecule has 2 atom stereocenters. The quantitative estimate of drug-likeness (QED) is 0.367. The maximum absolute atomic E-state index is 5.14. The summed E-state index contributed by atoms with van der Waals surface area (Å²) in [6.45, 7) is 4.35. The lowest BCUT2D eigenvalue weighted by Crippen LogP contribution is -2.42. The summed E-state index contributed by atoms with van der Waals surface area (Å²) in [7, 11) is 1.72. The second-order valence-electron chi connectivity index (χ2n) is 5.96. The molecular formula is C18H30IN3OS. The van der Waals surface area contributed by atoms with Crippen LogP contribution in [0.3, 0.4) is 0 Å². The molecule has 0 saturated heterocycles. The molecular weight excluding hydrogens is 433 g/mol. The maximum atomic E-state index is 5.14. The Morgan fingerprint density at radius 3 is 2.54 bits per heavy atom. The Balaban J connectivity index is 0.00000288. The number of hydrogen-bond donors (Lipinski definition) is 2. The summed E-state index contributed by atoms with van der Waals surface area (Å²) in [4.78, 5) is 4.73. The molecule has 0 aromatic heterocycles. The van der Waals surface area contributed by atoms with Gasteiger partial charge in [0, 0.05) is 24.9 Å². The summed E-state index contributed by atoms with van der Waals surface area (Å²) in [6.07, 6.45) is 5.98. The van der Waals surface area contributed by atoms with Crippen LogP contribution in [0.25, 0.3) is 0 Å². The van der Waals surface area contributed by atoms with Crippen LogP contribution in [-0.2, 0) is 17.9 Å². The number of hydrogen-bond acceptors (Lipinski definition) is 3. The molecule has 1 aromatic rings. The van der Waals surface area contributed by atoms with E-state index < -0.39 is 0 Å². The number of nitrogens with one attached hydrogen (secondary N) is 2. The molecule has 0 aliphatic heterocycles. The minimum absolute atomic E-state index is 0. The predicted octanol–water partition coefficient (Wildman–Crippen LogP) is 3.79. The molecule has 136 valence electrons. The molecule has 24 heavy (non-hydrogen) atoms.